The maximum absolute atomic E-state index is 12.4. The van der Waals surface area contributed by atoms with E-state index in [2.05, 4.69) is 0 Å². The molecule has 106 valence electrons. The summed E-state index contributed by atoms with van der Waals surface area (Å²) < 4.78 is 31.4. The molecule has 0 saturated carbocycles. The Labute approximate surface area is 119 Å². The van der Waals surface area contributed by atoms with Crippen LogP contribution in [-0.4, -0.2) is 39.0 Å². The topological polar surface area (TPSA) is 46.6 Å². The number of sulfonamides is 1. The zero-order valence-corrected chi connectivity index (χ0v) is 12.0. The molecule has 1 fully saturated rings. The quantitative estimate of drug-likeness (QED) is 0.869. The lowest BCUT2D eigenvalue weighted by molar-refractivity contribution is 0.0729. The van der Waals surface area contributed by atoms with E-state index in [0.29, 0.717) is 26.3 Å². The highest BCUT2D eigenvalue weighted by molar-refractivity contribution is 7.88. The molecule has 3 rings (SSSR count). The molecule has 0 bridgehead atoms. The van der Waals surface area contributed by atoms with Crippen LogP contribution < -0.4 is 0 Å². The summed E-state index contributed by atoms with van der Waals surface area (Å²) in [7, 11) is -3.25. The fraction of sp³-hybridized carbons (Fsp3) is 0.333. The van der Waals surface area contributed by atoms with Gasteiger partial charge in [-0.2, -0.15) is 4.31 Å². The average molecular weight is 291 g/mol. The Hall–Kier alpha value is -1.43. The van der Waals surface area contributed by atoms with E-state index < -0.39 is 10.0 Å². The molecular formula is C15H17NO3S. The first kappa shape index (κ1) is 13.5. The third-order valence-corrected chi connectivity index (χ3v) is 5.38. The van der Waals surface area contributed by atoms with Crippen molar-refractivity contribution < 1.29 is 13.2 Å². The molecule has 0 atom stereocenters. The smallest absolute Gasteiger partial charge is 0.218 e. The van der Waals surface area contributed by atoms with Gasteiger partial charge in [0.2, 0.25) is 10.0 Å². The number of rotatable bonds is 3. The molecule has 1 saturated heterocycles. The minimum absolute atomic E-state index is 0.0534. The molecule has 1 heterocycles. The molecule has 4 nitrogen and oxygen atoms in total. The van der Waals surface area contributed by atoms with Crippen LogP contribution >= 0.6 is 0 Å². The van der Waals surface area contributed by atoms with E-state index in [1.54, 1.807) is 0 Å². The van der Waals surface area contributed by atoms with Gasteiger partial charge in [-0.3, -0.25) is 0 Å². The van der Waals surface area contributed by atoms with Gasteiger partial charge in [0.15, 0.2) is 0 Å². The van der Waals surface area contributed by atoms with Gasteiger partial charge in [-0.1, -0.05) is 42.5 Å². The van der Waals surface area contributed by atoms with E-state index in [9.17, 15) is 8.42 Å². The normalized spacial score (nSPS) is 17.4. The van der Waals surface area contributed by atoms with Crippen molar-refractivity contribution in [3.8, 4) is 0 Å². The van der Waals surface area contributed by atoms with E-state index in [0.717, 1.165) is 16.3 Å². The molecule has 0 amide bonds. The fourth-order valence-corrected chi connectivity index (χ4v) is 3.94. The van der Waals surface area contributed by atoms with E-state index >= 15 is 0 Å². The monoisotopic (exact) mass is 291 g/mol. The molecule has 0 N–H and O–H groups in total. The van der Waals surface area contributed by atoms with Crippen LogP contribution in [0.1, 0.15) is 5.56 Å². The van der Waals surface area contributed by atoms with Crippen LogP contribution in [0.3, 0.4) is 0 Å². The number of benzene rings is 2. The number of ether oxygens (including phenoxy) is 1. The van der Waals surface area contributed by atoms with Crippen molar-refractivity contribution in [1.82, 2.24) is 4.31 Å². The van der Waals surface area contributed by atoms with Crippen molar-refractivity contribution in [3.63, 3.8) is 0 Å². The van der Waals surface area contributed by atoms with Crippen molar-refractivity contribution in [3.05, 3.63) is 48.0 Å². The maximum Gasteiger partial charge on any atom is 0.218 e. The summed E-state index contributed by atoms with van der Waals surface area (Å²) >= 11 is 0. The Morgan fingerprint density at radius 3 is 2.45 bits per heavy atom. The van der Waals surface area contributed by atoms with Gasteiger partial charge in [-0.15, -0.1) is 0 Å². The van der Waals surface area contributed by atoms with Gasteiger partial charge in [0, 0.05) is 13.1 Å². The summed E-state index contributed by atoms with van der Waals surface area (Å²) in [6.45, 7) is 1.87. The predicted octanol–water partition coefficient (Wildman–Crippen LogP) is 2.00. The fourth-order valence-electron chi connectivity index (χ4n) is 2.46. The van der Waals surface area contributed by atoms with Gasteiger partial charge < -0.3 is 4.74 Å². The SMILES string of the molecule is O=S(=O)(Cc1ccc2ccccc2c1)N1CCOCC1. The molecule has 2 aromatic carbocycles. The summed E-state index contributed by atoms with van der Waals surface area (Å²) in [5.74, 6) is 0.0534. The van der Waals surface area contributed by atoms with Crippen LogP contribution in [-0.2, 0) is 20.5 Å². The first-order chi connectivity index (χ1) is 9.65. The summed E-state index contributed by atoms with van der Waals surface area (Å²) in [6, 6.07) is 13.8. The Bertz CT molecular complexity index is 706. The van der Waals surface area contributed by atoms with E-state index in [1.165, 1.54) is 4.31 Å². The number of hydrogen-bond donors (Lipinski definition) is 0. The number of nitrogens with zero attached hydrogens (tertiary/aromatic N) is 1. The summed E-state index contributed by atoms with van der Waals surface area (Å²) in [4.78, 5) is 0. The third kappa shape index (κ3) is 2.85. The molecule has 0 aliphatic carbocycles. The van der Waals surface area contributed by atoms with Gasteiger partial charge in [0.1, 0.15) is 0 Å². The molecule has 0 radical (unpaired) electrons. The summed E-state index contributed by atoms with van der Waals surface area (Å²) in [6.07, 6.45) is 0. The van der Waals surface area contributed by atoms with Crippen molar-refractivity contribution in [2.24, 2.45) is 0 Å². The molecule has 0 aromatic heterocycles. The largest absolute Gasteiger partial charge is 0.379 e. The lowest BCUT2D eigenvalue weighted by Gasteiger charge is -2.26. The van der Waals surface area contributed by atoms with Crippen LogP contribution in [0.25, 0.3) is 10.8 Å². The van der Waals surface area contributed by atoms with Gasteiger partial charge in [-0.05, 0) is 16.3 Å². The van der Waals surface area contributed by atoms with Gasteiger partial charge in [-0.25, -0.2) is 8.42 Å². The molecule has 0 unspecified atom stereocenters. The molecule has 1 aliphatic rings. The Kier molecular flexibility index (Phi) is 3.74. The lowest BCUT2D eigenvalue weighted by atomic mass is 10.1. The molecule has 2 aromatic rings. The van der Waals surface area contributed by atoms with Crippen LogP contribution in [0, 0.1) is 0 Å². The zero-order chi connectivity index (χ0) is 14.0. The molecule has 0 spiro atoms. The second-order valence-corrected chi connectivity index (χ2v) is 6.92. The number of morpholine rings is 1. The highest BCUT2D eigenvalue weighted by Crippen LogP contribution is 2.19. The Morgan fingerprint density at radius 2 is 1.70 bits per heavy atom. The third-order valence-electron chi connectivity index (χ3n) is 3.53. The molecular weight excluding hydrogens is 274 g/mol. The molecule has 20 heavy (non-hydrogen) atoms. The van der Waals surface area contributed by atoms with Crippen LogP contribution in [0.4, 0.5) is 0 Å². The minimum Gasteiger partial charge on any atom is -0.379 e. The van der Waals surface area contributed by atoms with Gasteiger partial charge in [0.25, 0.3) is 0 Å². The van der Waals surface area contributed by atoms with Crippen molar-refractivity contribution in [2.45, 2.75) is 5.75 Å². The number of fused-ring (bicyclic) bond motifs is 1. The highest BCUT2D eigenvalue weighted by Gasteiger charge is 2.24. The van der Waals surface area contributed by atoms with Crippen molar-refractivity contribution in [1.29, 1.82) is 0 Å². The van der Waals surface area contributed by atoms with Gasteiger partial charge >= 0.3 is 0 Å². The average Bonchev–Trinajstić information content (AvgIpc) is 2.48. The second-order valence-electron chi connectivity index (χ2n) is 4.95. The van der Waals surface area contributed by atoms with Crippen molar-refractivity contribution in [2.75, 3.05) is 26.3 Å². The highest BCUT2D eigenvalue weighted by atomic mass is 32.2. The van der Waals surface area contributed by atoms with Crippen LogP contribution in [0.15, 0.2) is 42.5 Å². The zero-order valence-electron chi connectivity index (χ0n) is 11.2. The first-order valence-corrected chi connectivity index (χ1v) is 8.29. The standard InChI is InChI=1S/C15H17NO3S/c17-20(18,16-7-9-19-10-8-16)12-13-5-6-14-3-1-2-4-15(14)11-13/h1-6,11H,7-10,12H2. The molecule has 5 heteroatoms. The number of hydrogen-bond acceptors (Lipinski definition) is 3. The Morgan fingerprint density at radius 1 is 1.00 bits per heavy atom. The van der Waals surface area contributed by atoms with Crippen LogP contribution in [0.5, 0.6) is 0 Å². The van der Waals surface area contributed by atoms with Crippen molar-refractivity contribution >= 4 is 20.8 Å². The van der Waals surface area contributed by atoms with E-state index in [-0.39, 0.29) is 5.75 Å². The van der Waals surface area contributed by atoms with Crippen LogP contribution in [0.2, 0.25) is 0 Å². The maximum atomic E-state index is 12.4. The molecule has 1 aliphatic heterocycles. The second kappa shape index (κ2) is 5.52. The predicted molar refractivity (Wildman–Crippen MR) is 79.0 cm³/mol. The first-order valence-electron chi connectivity index (χ1n) is 6.68. The summed E-state index contributed by atoms with van der Waals surface area (Å²) in [5, 5.41) is 2.20. The summed E-state index contributed by atoms with van der Waals surface area (Å²) in [5.41, 5.74) is 0.829. The Balaban J connectivity index is 1.84. The van der Waals surface area contributed by atoms with E-state index in [4.69, 9.17) is 4.74 Å². The minimum atomic E-state index is -3.25. The van der Waals surface area contributed by atoms with E-state index in [1.807, 2.05) is 42.5 Å². The van der Waals surface area contributed by atoms with Gasteiger partial charge in [0.05, 0.1) is 19.0 Å². The lowest BCUT2D eigenvalue weighted by Crippen LogP contribution is -2.41.